The molecule has 4 heteroatoms. The van der Waals surface area contributed by atoms with Gasteiger partial charge in [-0.1, -0.05) is 18.2 Å². The van der Waals surface area contributed by atoms with Crippen LogP contribution in [0.2, 0.25) is 0 Å². The van der Waals surface area contributed by atoms with Crippen molar-refractivity contribution in [3.05, 3.63) is 65.0 Å². The number of para-hydroxylation sites is 1. The molecule has 21 heavy (non-hydrogen) atoms. The van der Waals surface area contributed by atoms with Crippen molar-refractivity contribution in [2.24, 2.45) is 0 Å². The zero-order chi connectivity index (χ0) is 15.0. The van der Waals surface area contributed by atoms with E-state index in [1.165, 1.54) is 6.07 Å². The van der Waals surface area contributed by atoms with Crippen LogP contribution < -0.4 is 4.90 Å². The summed E-state index contributed by atoms with van der Waals surface area (Å²) in [5.74, 6) is -0.652. The summed E-state index contributed by atoms with van der Waals surface area (Å²) in [6.45, 7) is 1.97. The van der Waals surface area contributed by atoms with E-state index in [0.717, 1.165) is 0 Å². The van der Waals surface area contributed by atoms with Crippen molar-refractivity contribution in [3.63, 3.8) is 0 Å². The molecule has 0 spiro atoms. The number of carbonyl (C=O) groups is 2. The first-order valence-corrected chi connectivity index (χ1v) is 6.78. The fourth-order valence-corrected chi connectivity index (χ4v) is 2.51. The Bertz CT molecular complexity index is 739. The number of rotatable bonds is 1. The number of aryl methyl sites for hydroxylation is 1. The molecule has 0 saturated heterocycles. The highest BCUT2D eigenvalue weighted by Crippen LogP contribution is 2.28. The van der Waals surface area contributed by atoms with Crippen LogP contribution in [0.25, 0.3) is 0 Å². The van der Waals surface area contributed by atoms with Gasteiger partial charge in [-0.25, -0.2) is 4.39 Å². The summed E-state index contributed by atoms with van der Waals surface area (Å²) in [6, 6.07) is 11.5. The first-order chi connectivity index (χ1) is 10.1. The lowest BCUT2D eigenvalue weighted by atomic mass is 9.99. The molecule has 106 valence electrons. The molecule has 1 aliphatic rings. The summed E-state index contributed by atoms with van der Waals surface area (Å²) in [7, 11) is 0. The number of fused-ring (bicyclic) bond motifs is 1. The lowest BCUT2D eigenvalue weighted by Crippen LogP contribution is -2.37. The van der Waals surface area contributed by atoms with Crippen molar-refractivity contribution in [2.75, 3.05) is 11.4 Å². The zero-order valence-corrected chi connectivity index (χ0v) is 11.6. The zero-order valence-electron chi connectivity index (χ0n) is 11.6. The second kappa shape index (κ2) is 5.13. The van der Waals surface area contributed by atoms with Crippen molar-refractivity contribution in [1.29, 1.82) is 0 Å². The molecule has 0 fully saturated rings. The second-order valence-electron chi connectivity index (χ2n) is 5.11. The van der Waals surface area contributed by atoms with Crippen molar-refractivity contribution in [2.45, 2.75) is 13.3 Å². The quantitative estimate of drug-likeness (QED) is 0.804. The van der Waals surface area contributed by atoms with E-state index in [0.29, 0.717) is 28.9 Å². The fraction of sp³-hybridized carbons (Fsp3) is 0.176. The number of Topliss-reactive ketones (excluding diaryl/α,β-unsaturated/α-hetero) is 1. The highest BCUT2D eigenvalue weighted by Gasteiger charge is 2.27. The largest absolute Gasteiger partial charge is 0.307 e. The van der Waals surface area contributed by atoms with E-state index in [1.807, 2.05) is 0 Å². The van der Waals surface area contributed by atoms with Crippen molar-refractivity contribution >= 4 is 17.4 Å². The smallest absolute Gasteiger partial charge is 0.258 e. The van der Waals surface area contributed by atoms with Crippen LogP contribution in [0.15, 0.2) is 42.5 Å². The van der Waals surface area contributed by atoms with E-state index in [2.05, 4.69) is 0 Å². The van der Waals surface area contributed by atoms with Crippen molar-refractivity contribution in [1.82, 2.24) is 0 Å². The maximum Gasteiger partial charge on any atom is 0.258 e. The molecule has 1 heterocycles. The minimum Gasteiger partial charge on any atom is -0.307 e. The molecule has 0 bridgehead atoms. The topological polar surface area (TPSA) is 37.4 Å². The second-order valence-corrected chi connectivity index (χ2v) is 5.11. The molecule has 3 rings (SSSR count). The van der Waals surface area contributed by atoms with Gasteiger partial charge in [0.05, 0.1) is 5.69 Å². The van der Waals surface area contributed by atoms with Crippen LogP contribution in [-0.2, 0) is 0 Å². The van der Waals surface area contributed by atoms with Crippen LogP contribution in [0.3, 0.4) is 0 Å². The van der Waals surface area contributed by atoms with E-state index in [4.69, 9.17) is 0 Å². The predicted octanol–water partition coefficient (Wildman–Crippen LogP) is 3.37. The Kier molecular flexibility index (Phi) is 3.29. The van der Waals surface area contributed by atoms with E-state index >= 15 is 0 Å². The van der Waals surface area contributed by atoms with Gasteiger partial charge in [0.2, 0.25) is 0 Å². The molecule has 0 aliphatic carbocycles. The maximum atomic E-state index is 13.6. The molecular formula is C17H14FNO2. The van der Waals surface area contributed by atoms with Gasteiger partial charge < -0.3 is 4.90 Å². The maximum absolute atomic E-state index is 13.6. The molecule has 0 unspecified atom stereocenters. The highest BCUT2D eigenvalue weighted by atomic mass is 19.1. The van der Waals surface area contributed by atoms with Crippen molar-refractivity contribution < 1.29 is 14.0 Å². The van der Waals surface area contributed by atoms with Crippen LogP contribution in [-0.4, -0.2) is 18.2 Å². The number of nitrogens with zero attached hydrogens (tertiary/aromatic N) is 1. The van der Waals surface area contributed by atoms with Gasteiger partial charge >= 0.3 is 0 Å². The number of hydrogen-bond donors (Lipinski definition) is 0. The van der Waals surface area contributed by atoms with Crippen LogP contribution in [0.5, 0.6) is 0 Å². The van der Waals surface area contributed by atoms with Gasteiger partial charge in [-0.15, -0.1) is 0 Å². The molecule has 2 aromatic rings. The summed E-state index contributed by atoms with van der Waals surface area (Å²) in [4.78, 5) is 26.0. The molecule has 0 atom stereocenters. The van der Waals surface area contributed by atoms with Crippen LogP contribution >= 0.6 is 0 Å². The Morgan fingerprint density at radius 1 is 1.19 bits per heavy atom. The molecule has 3 nitrogen and oxygen atoms in total. The molecular weight excluding hydrogens is 269 g/mol. The van der Waals surface area contributed by atoms with Crippen molar-refractivity contribution in [3.8, 4) is 0 Å². The number of benzene rings is 2. The summed E-state index contributed by atoms with van der Waals surface area (Å²) in [5, 5.41) is 0. The number of amides is 1. The number of anilines is 1. The Morgan fingerprint density at radius 3 is 2.71 bits per heavy atom. The van der Waals surface area contributed by atoms with Gasteiger partial charge in [-0.2, -0.15) is 0 Å². The molecule has 0 N–H and O–H groups in total. The Morgan fingerprint density at radius 2 is 1.95 bits per heavy atom. The summed E-state index contributed by atoms with van der Waals surface area (Å²) >= 11 is 0. The first-order valence-electron chi connectivity index (χ1n) is 6.78. The minimum absolute atomic E-state index is 0.0322. The average Bonchev–Trinajstić information content (AvgIpc) is 2.50. The molecule has 0 aromatic heterocycles. The number of hydrogen-bond acceptors (Lipinski definition) is 2. The number of ketones is 1. The van der Waals surface area contributed by atoms with Crippen LogP contribution in [0.1, 0.15) is 32.7 Å². The van der Waals surface area contributed by atoms with Crippen LogP contribution in [0, 0.1) is 12.7 Å². The molecule has 0 radical (unpaired) electrons. The number of halogens is 1. The van der Waals surface area contributed by atoms with E-state index in [9.17, 15) is 14.0 Å². The Balaban J connectivity index is 2.01. The molecule has 1 amide bonds. The lowest BCUT2D eigenvalue weighted by molar-refractivity contribution is 0.0955. The Labute approximate surface area is 122 Å². The lowest BCUT2D eigenvalue weighted by Gasteiger charge is -2.28. The third kappa shape index (κ3) is 2.33. The van der Waals surface area contributed by atoms with Gasteiger partial charge in [0.25, 0.3) is 5.91 Å². The highest BCUT2D eigenvalue weighted by molar-refractivity contribution is 6.13. The average molecular weight is 283 g/mol. The van der Waals surface area contributed by atoms with Gasteiger partial charge in [0, 0.05) is 24.1 Å². The SMILES string of the molecule is Cc1ccc(C(=O)N2CCC(=O)c3ccccc32)cc1F. The van der Waals surface area contributed by atoms with Gasteiger partial charge in [-0.05, 0) is 36.8 Å². The minimum atomic E-state index is -0.401. The van der Waals surface area contributed by atoms with E-state index in [-0.39, 0.29) is 18.1 Å². The van der Waals surface area contributed by atoms with Gasteiger partial charge in [0.1, 0.15) is 5.82 Å². The van der Waals surface area contributed by atoms with E-state index < -0.39 is 5.82 Å². The summed E-state index contributed by atoms with van der Waals surface area (Å²) in [5.41, 5.74) is 1.94. The Hall–Kier alpha value is -2.49. The van der Waals surface area contributed by atoms with Gasteiger partial charge in [-0.3, -0.25) is 9.59 Å². The summed E-state index contributed by atoms with van der Waals surface area (Å²) in [6.07, 6.45) is 0.289. The molecule has 2 aromatic carbocycles. The first kappa shape index (κ1) is 13.5. The molecule has 1 aliphatic heterocycles. The standard InChI is InChI=1S/C17H14FNO2/c1-11-6-7-12(10-14(11)18)17(21)19-9-8-16(20)13-4-2-3-5-15(13)19/h2-7,10H,8-9H2,1H3. The van der Waals surface area contributed by atoms with Crippen LogP contribution in [0.4, 0.5) is 10.1 Å². The monoisotopic (exact) mass is 283 g/mol. The molecule has 0 saturated carbocycles. The predicted molar refractivity (Wildman–Crippen MR) is 78.2 cm³/mol. The van der Waals surface area contributed by atoms with Gasteiger partial charge in [0.15, 0.2) is 5.78 Å². The summed E-state index contributed by atoms with van der Waals surface area (Å²) < 4.78 is 13.6. The fourth-order valence-electron chi connectivity index (χ4n) is 2.51. The normalized spacial score (nSPS) is 14.0. The van der Waals surface area contributed by atoms with E-state index in [1.54, 1.807) is 48.2 Å². The number of carbonyl (C=O) groups excluding carboxylic acids is 2. The third-order valence-corrected chi connectivity index (χ3v) is 3.72. The third-order valence-electron chi connectivity index (χ3n) is 3.72.